The fourth-order valence-electron chi connectivity index (χ4n) is 0.980. The predicted octanol–water partition coefficient (Wildman–Crippen LogP) is 0.710. The number of amides is 1. The van der Waals surface area contributed by atoms with Crippen molar-refractivity contribution in [3.8, 4) is 0 Å². The van der Waals surface area contributed by atoms with Gasteiger partial charge in [0.25, 0.3) is 0 Å². The van der Waals surface area contributed by atoms with E-state index in [9.17, 15) is 4.79 Å². The number of nitrogens with one attached hydrogen (secondary N) is 1. The molecule has 1 saturated heterocycles. The number of piperazine rings is 1. The first-order valence-electron chi connectivity index (χ1n) is 4.27. The van der Waals surface area contributed by atoms with Gasteiger partial charge < -0.3 is 10.2 Å². The van der Waals surface area contributed by atoms with E-state index in [-0.39, 0.29) is 7.33 Å². The van der Waals surface area contributed by atoms with Gasteiger partial charge in [0.2, 0.25) is 5.91 Å². The van der Waals surface area contributed by atoms with Gasteiger partial charge in [-0.25, -0.2) is 0 Å². The van der Waals surface area contributed by atoms with Crippen LogP contribution in [0.2, 0.25) is 0 Å². The minimum atomic E-state index is 0. The molecule has 1 amide bonds. The van der Waals surface area contributed by atoms with Gasteiger partial charge in [0.05, 0.1) is 0 Å². The number of rotatable bonds is 0. The number of nitrogens with zero attached hydrogens (tertiary/aromatic N) is 1. The van der Waals surface area contributed by atoms with Crippen molar-refractivity contribution in [2.45, 2.75) is 20.8 Å². The van der Waals surface area contributed by atoms with E-state index in [0.717, 1.165) is 26.2 Å². The molecule has 3 heteroatoms. The molecule has 0 atom stereocenters. The molecule has 1 aliphatic heterocycles. The Bertz CT molecular complexity index is 114. The average molecular weight is 160 g/mol. The first kappa shape index (κ1) is 10.4. The van der Waals surface area contributed by atoms with Crippen LogP contribution in [0.3, 0.4) is 0 Å². The summed E-state index contributed by atoms with van der Waals surface area (Å²) in [5.41, 5.74) is 0. The molecule has 68 valence electrons. The van der Waals surface area contributed by atoms with Crippen LogP contribution in [-0.4, -0.2) is 37.0 Å². The first-order chi connectivity index (χ1) is 5.30. The summed E-state index contributed by atoms with van der Waals surface area (Å²) in [6.07, 6.45) is 0. The molecule has 1 heterocycles. The monoisotopic (exact) mass is 160 g/mol. The van der Waals surface area contributed by atoms with E-state index in [1.54, 1.807) is 6.92 Å². The second-order valence-corrected chi connectivity index (χ2v) is 2.26. The van der Waals surface area contributed by atoms with Crippen molar-refractivity contribution in [2.24, 2.45) is 0 Å². The predicted molar refractivity (Wildman–Crippen MR) is 48.6 cm³/mol. The summed E-state index contributed by atoms with van der Waals surface area (Å²) in [4.78, 5) is 12.6. The van der Waals surface area contributed by atoms with Crippen molar-refractivity contribution in [3.63, 3.8) is 0 Å². The minimum absolute atomic E-state index is 0. The summed E-state index contributed by atoms with van der Waals surface area (Å²) in [5, 5.41) is 3.18. The van der Waals surface area contributed by atoms with Gasteiger partial charge in [-0.2, -0.15) is 0 Å². The van der Waals surface area contributed by atoms with Gasteiger partial charge in [-0.15, -0.1) is 0 Å². The highest BCUT2D eigenvalue weighted by Crippen LogP contribution is 1.90. The Labute approximate surface area is 70.2 Å². The second kappa shape index (κ2) is 6.16. The quantitative estimate of drug-likeness (QED) is 0.566. The Hall–Kier alpha value is -0.570. The van der Waals surface area contributed by atoms with E-state index in [1.165, 1.54) is 0 Å². The molecule has 0 spiro atoms. The zero-order valence-corrected chi connectivity index (χ0v) is 7.68. The summed E-state index contributed by atoms with van der Waals surface area (Å²) in [5.74, 6) is 0.191. The van der Waals surface area contributed by atoms with Gasteiger partial charge in [-0.05, 0) is 0 Å². The van der Waals surface area contributed by atoms with Crippen molar-refractivity contribution in [3.05, 3.63) is 0 Å². The molecule has 0 radical (unpaired) electrons. The molecule has 0 aromatic heterocycles. The van der Waals surface area contributed by atoms with Gasteiger partial charge in [0, 0.05) is 34.5 Å². The smallest absolute Gasteiger partial charge is 0.219 e. The van der Waals surface area contributed by atoms with Gasteiger partial charge in [-0.1, -0.05) is 13.8 Å². The third-order valence-electron chi connectivity index (χ3n) is 1.56. The maximum absolute atomic E-state index is 10.7. The molecule has 3 nitrogen and oxygen atoms in total. The topological polar surface area (TPSA) is 32.3 Å². The van der Waals surface area contributed by atoms with Crippen LogP contribution in [0, 0.1) is 0 Å². The van der Waals surface area contributed by atoms with Crippen LogP contribution in [0.5, 0.6) is 0 Å². The summed E-state index contributed by atoms with van der Waals surface area (Å²) < 4.78 is 0. The van der Waals surface area contributed by atoms with Gasteiger partial charge in [-0.3, -0.25) is 4.79 Å². The van der Waals surface area contributed by atoms with Gasteiger partial charge in [0.15, 0.2) is 0 Å². The fourth-order valence-corrected chi connectivity index (χ4v) is 0.980. The molecule has 0 saturated carbocycles. The highest BCUT2D eigenvalue weighted by atomic mass is 16.2. The van der Waals surface area contributed by atoms with E-state index in [2.05, 4.69) is 5.32 Å². The minimum Gasteiger partial charge on any atom is -0.340 e. The van der Waals surface area contributed by atoms with Crippen LogP contribution in [0.1, 0.15) is 22.2 Å². The van der Waals surface area contributed by atoms with Crippen molar-refractivity contribution >= 4 is 5.91 Å². The van der Waals surface area contributed by atoms with E-state index >= 15 is 0 Å². The molecule has 0 aliphatic carbocycles. The number of hydrogen-bond donors (Lipinski definition) is 1. The van der Waals surface area contributed by atoms with Gasteiger partial charge in [0.1, 0.15) is 0 Å². The maximum atomic E-state index is 10.7. The fraction of sp³-hybridized carbons (Fsp3) is 0.875. The third kappa shape index (κ3) is 3.98. The van der Waals surface area contributed by atoms with E-state index in [0.29, 0.717) is 0 Å². The van der Waals surface area contributed by atoms with Crippen molar-refractivity contribution in [1.29, 1.82) is 0 Å². The van der Waals surface area contributed by atoms with Crippen LogP contribution in [-0.2, 0) is 4.79 Å². The first-order valence-corrected chi connectivity index (χ1v) is 4.27. The highest BCUT2D eigenvalue weighted by molar-refractivity contribution is 5.73. The Kier molecular flexibility index (Phi) is 5.84. The Morgan fingerprint density at radius 1 is 1.36 bits per heavy atom. The summed E-state index contributed by atoms with van der Waals surface area (Å²) in [7, 11) is 0. The molecular formula is C8H20N2O. The molecule has 1 aliphatic rings. The standard InChI is InChI=1S/C6H12N2O.C2H6.H2/c1-6(9)8-4-2-7-3-5-8;1-2;/h7H,2-5H2,1H3;1-2H3;1H. The van der Waals surface area contributed by atoms with Crippen LogP contribution >= 0.6 is 0 Å². The molecule has 0 bridgehead atoms. The molecular weight excluding hydrogens is 140 g/mol. The molecule has 0 aromatic carbocycles. The Balaban J connectivity index is 0. The van der Waals surface area contributed by atoms with Crippen LogP contribution < -0.4 is 5.32 Å². The normalized spacial score (nSPS) is 16.8. The lowest BCUT2D eigenvalue weighted by atomic mass is 10.4. The largest absolute Gasteiger partial charge is 0.340 e. The lowest BCUT2D eigenvalue weighted by Gasteiger charge is -2.25. The van der Waals surface area contributed by atoms with Crippen LogP contribution in [0.25, 0.3) is 0 Å². The Morgan fingerprint density at radius 2 is 1.82 bits per heavy atom. The summed E-state index contributed by atoms with van der Waals surface area (Å²) in [6.45, 7) is 9.25. The number of hydrogen-bond acceptors (Lipinski definition) is 2. The van der Waals surface area contributed by atoms with E-state index in [1.807, 2.05) is 18.7 Å². The van der Waals surface area contributed by atoms with E-state index < -0.39 is 0 Å². The molecule has 0 aromatic rings. The van der Waals surface area contributed by atoms with Crippen LogP contribution in [0.15, 0.2) is 0 Å². The van der Waals surface area contributed by atoms with Gasteiger partial charge >= 0.3 is 0 Å². The molecule has 11 heavy (non-hydrogen) atoms. The summed E-state index contributed by atoms with van der Waals surface area (Å²) in [6, 6.07) is 0. The Morgan fingerprint density at radius 3 is 2.09 bits per heavy atom. The zero-order chi connectivity index (χ0) is 8.69. The van der Waals surface area contributed by atoms with E-state index in [4.69, 9.17) is 0 Å². The average Bonchev–Trinajstić information content (AvgIpc) is 2.10. The number of carbonyl (C=O) groups excluding carboxylic acids is 1. The summed E-state index contributed by atoms with van der Waals surface area (Å²) >= 11 is 0. The molecule has 1 fully saturated rings. The lowest BCUT2D eigenvalue weighted by molar-refractivity contribution is -0.129. The second-order valence-electron chi connectivity index (χ2n) is 2.26. The third-order valence-corrected chi connectivity index (χ3v) is 1.56. The SMILES string of the molecule is CC.CC(=O)N1CCNCC1.[HH]. The number of carbonyl (C=O) groups is 1. The van der Waals surface area contributed by atoms with Crippen molar-refractivity contribution in [2.75, 3.05) is 26.2 Å². The van der Waals surface area contributed by atoms with Crippen LogP contribution in [0.4, 0.5) is 0 Å². The maximum Gasteiger partial charge on any atom is 0.219 e. The molecule has 1 rings (SSSR count). The lowest BCUT2D eigenvalue weighted by Crippen LogP contribution is -2.45. The zero-order valence-electron chi connectivity index (χ0n) is 7.68. The highest BCUT2D eigenvalue weighted by Gasteiger charge is 2.10. The molecule has 0 unspecified atom stereocenters. The van der Waals surface area contributed by atoms with Crippen molar-refractivity contribution in [1.82, 2.24) is 10.2 Å². The van der Waals surface area contributed by atoms with Crippen molar-refractivity contribution < 1.29 is 6.22 Å². The molecule has 1 N–H and O–H groups in total.